The molecule has 0 atom stereocenters. The first kappa shape index (κ1) is 14.4. The van der Waals surface area contributed by atoms with Crippen molar-refractivity contribution in [3.63, 3.8) is 0 Å². The van der Waals surface area contributed by atoms with Crippen molar-refractivity contribution in [3.8, 4) is 0 Å². The Bertz CT molecular complexity index is 521. The summed E-state index contributed by atoms with van der Waals surface area (Å²) in [6, 6.07) is 0. The van der Waals surface area contributed by atoms with E-state index >= 15 is 0 Å². The van der Waals surface area contributed by atoms with Crippen LogP contribution in [0.5, 0.6) is 0 Å². The monoisotopic (exact) mass is 259 g/mol. The molecule has 0 aromatic heterocycles. The highest BCUT2D eigenvalue weighted by Crippen LogP contribution is 2.16. The number of allylic oxidation sites excluding steroid dienone is 2. The van der Waals surface area contributed by atoms with E-state index in [-0.39, 0.29) is 0 Å². The minimum Gasteiger partial charge on any atom is -0.366 e. The van der Waals surface area contributed by atoms with Crippen molar-refractivity contribution in [1.29, 1.82) is 0 Å². The van der Waals surface area contributed by atoms with E-state index in [9.17, 15) is 4.79 Å². The van der Waals surface area contributed by atoms with Crippen LogP contribution in [0, 0.1) is 0 Å². The Labute approximate surface area is 112 Å². The number of hydrogen-bond donors (Lipinski definition) is 2. The van der Waals surface area contributed by atoms with Crippen molar-refractivity contribution in [2.45, 2.75) is 13.8 Å². The summed E-state index contributed by atoms with van der Waals surface area (Å²) in [6.07, 6.45) is 5.76. The molecule has 0 unspecified atom stereocenters. The molecule has 1 aliphatic heterocycles. The van der Waals surface area contributed by atoms with Gasteiger partial charge in [0, 0.05) is 12.3 Å². The van der Waals surface area contributed by atoms with Gasteiger partial charge in [0.2, 0.25) is 5.91 Å². The molecule has 1 amide bonds. The van der Waals surface area contributed by atoms with Crippen molar-refractivity contribution in [2.24, 2.45) is 15.7 Å². The van der Waals surface area contributed by atoms with Gasteiger partial charge in [-0.15, -0.1) is 0 Å². The Morgan fingerprint density at radius 2 is 2.26 bits per heavy atom. The molecule has 0 saturated carbocycles. The van der Waals surface area contributed by atoms with Crippen molar-refractivity contribution < 1.29 is 4.79 Å². The third kappa shape index (κ3) is 3.95. The Balaban J connectivity index is 3.19. The van der Waals surface area contributed by atoms with Gasteiger partial charge in [0.05, 0.1) is 5.70 Å². The van der Waals surface area contributed by atoms with Crippen LogP contribution in [0.3, 0.4) is 0 Å². The summed E-state index contributed by atoms with van der Waals surface area (Å²) >= 11 is 0. The second-order valence-electron chi connectivity index (χ2n) is 3.95. The number of amidine groups is 1. The van der Waals surface area contributed by atoms with E-state index in [1.54, 1.807) is 5.01 Å². The van der Waals surface area contributed by atoms with Crippen LogP contribution in [0.15, 0.2) is 58.5 Å². The maximum absolute atomic E-state index is 10.8. The third-order valence-corrected chi connectivity index (χ3v) is 2.18. The van der Waals surface area contributed by atoms with E-state index < -0.39 is 5.91 Å². The Hall–Kier alpha value is -2.63. The standard InChI is InChI=1S/C13H17N5O/c1-5-10(4)17-13-12(9(2)3)18(16-8-15-13)7-6-11(14)19/h5-8H,1,4H2,2-3H3,(H2,14,19)(H,15,16,17)/b7-6+. The van der Waals surface area contributed by atoms with Crippen LogP contribution in [0.2, 0.25) is 0 Å². The average Bonchev–Trinajstić information content (AvgIpc) is 2.35. The van der Waals surface area contributed by atoms with Gasteiger partial charge in [-0.05, 0) is 25.5 Å². The highest BCUT2D eigenvalue weighted by molar-refractivity contribution is 6.04. The molecular weight excluding hydrogens is 242 g/mol. The molecule has 1 aliphatic rings. The summed E-state index contributed by atoms with van der Waals surface area (Å²) in [5.74, 6) is -0.0517. The van der Waals surface area contributed by atoms with Crippen LogP contribution in [-0.2, 0) is 4.79 Å². The van der Waals surface area contributed by atoms with Gasteiger partial charge in [-0.25, -0.2) is 9.98 Å². The molecule has 6 nitrogen and oxygen atoms in total. The summed E-state index contributed by atoms with van der Waals surface area (Å²) in [6.45, 7) is 11.1. The lowest BCUT2D eigenvalue weighted by molar-refractivity contribution is -0.113. The zero-order chi connectivity index (χ0) is 14.4. The van der Waals surface area contributed by atoms with Gasteiger partial charge in [0.25, 0.3) is 0 Å². The second-order valence-corrected chi connectivity index (χ2v) is 3.95. The highest BCUT2D eigenvalue weighted by Gasteiger charge is 2.18. The summed E-state index contributed by atoms with van der Waals surface area (Å²) in [4.78, 5) is 19.2. The first-order valence-electron chi connectivity index (χ1n) is 5.59. The van der Waals surface area contributed by atoms with E-state index in [0.29, 0.717) is 11.5 Å². The number of hydrogen-bond acceptors (Lipinski definition) is 4. The molecule has 0 bridgehead atoms. The molecule has 1 rings (SSSR count). The molecule has 0 saturated heterocycles. The normalized spacial score (nSPS) is 16.6. The van der Waals surface area contributed by atoms with Gasteiger partial charge >= 0.3 is 0 Å². The molecular formula is C13H17N5O. The maximum atomic E-state index is 10.8. The lowest BCUT2D eigenvalue weighted by Gasteiger charge is -2.27. The van der Waals surface area contributed by atoms with Crippen LogP contribution >= 0.6 is 0 Å². The summed E-state index contributed by atoms with van der Waals surface area (Å²) in [5.41, 5.74) is 10.2. The molecule has 1 heterocycles. The fraction of sp³-hybridized carbons (Fsp3) is 0.154. The molecule has 0 aliphatic carbocycles. The van der Waals surface area contributed by atoms with E-state index in [1.165, 1.54) is 24.7 Å². The van der Waals surface area contributed by atoms with E-state index in [1.807, 2.05) is 13.8 Å². The minimum atomic E-state index is -0.536. The predicted molar refractivity (Wildman–Crippen MR) is 76.9 cm³/mol. The van der Waals surface area contributed by atoms with Crippen molar-refractivity contribution in [1.82, 2.24) is 10.4 Å². The fourth-order valence-corrected chi connectivity index (χ4v) is 1.38. The Morgan fingerprint density at radius 3 is 2.79 bits per heavy atom. The van der Waals surface area contributed by atoms with Gasteiger partial charge in [-0.2, -0.15) is 0 Å². The SMILES string of the molecule is C=CC(=C)N=C1N=CNN(/C=C/C(N)=O)C1=C(C)C. The molecule has 6 heteroatoms. The summed E-state index contributed by atoms with van der Waals surface area (Å²) < 4.78 is 0. The quantitative estimate of drug-likeness (QED) is 0.588. The molecule has 0 radical (unpaired) electrons. The minimum absolute atomic E-state index is 0.484. The molecule has 3 N–H and O–H groups in total. The zero-order valence-corrected chi connectivity index (χ0v) is 11.1. The summed E-state index contributed by atoms with van der Waals surface area (Å²) in [7, 11) is 0. The number of nitrogens with two attached hydrogens (primary N) is 1. The number of primary amides is 1. The molecule has 0 fully saturated rings. The average molecular weight is 259 g/mol. The lowest BCUT2D eigenvalue weighted by atomic mass is 10.2. The number of nitrogens with zero attached hydrogens (tertiary/aromatic N) is 3. The van der Waals surface area contributed by atoms with Gasteiger partial charge < -0.3 is 5.73 Å². The molecule has 0 spiro atoms. The van der Waals surface area contributed by atoms with Crippen molar-refractivity contribution >= 4 is 18.1 Å². The van der Waals surface area contributed by atoms with E-state index in [0.717, 1.165) is 11.3 Å². The van der Waals surface area contributed by atoms with Crippen molar-refractivity contribution in [3.05, 3.63) is 48.5 Å². The second kappa shape index (κ2) is 6.34. The van der Waals surface area contributed by atoms with Crippen LogP contribution in [0.1, 0.15) is 13.8 Å². The van der Waals surface area contributed by atoms with Crippen LogP contribution in [-0.4, -0.2) is 23.1 Å². The first-order chi connectivity index (χ1) is 8.95. The molecule has 100 valence electrons. The number of hydrazine groups is 1. The van der Waals surface area contributed by atoms with Crippen LogP contribution in [0.4, 0.5) is 0 Å². The predicted octanol–water partition coefficient (Wildman–Crippen LogP) is 1.23. The van der Waals surface area contributed by atoms with Crippen LogP contribution < -0.4 is 11.2 Å². The Morgan fingerprint density at radius 1 is 1.58 bits per heavy atom. The first-order valence-corrected chi connectivity index (χ1v) is 5.59. The topological polar surface area (TPSA) is 83.1 Å². The molecule has 0 aromatic carbocycles. The molecule has 19 heavy (non-hydrogen) atoms. The number of rotatable bonds is 4. The maximum Gasteiger partial charge on any atom is 0.242 e. The van der Waals surface area contributed by atoms with Crippen molar-refractivity contribution in [2.75, 3.05) is 0 Å². The smallest absolute Gasteiger partial charge is 0.242 e. The van der Waals surface area contributed by atoms with Gasteiger partial charge in [-0.1, -0.05) is 13.2 Å². The van der Waals surface area contributed by atoms with E-state index in [4.69, 9.17) is 5.73 Å². The number of amides is 1. The number of carbonyl (C=O) groups excluding carboxylic acids is 1. The Kier molecular flexibility index (Phi) is 4.82. The van der Waals surface area contributed by atoms with Gasteiger partial charge in [0.1, 0.15) is 12.0 Å². The third-order valence-electron chi connectivity index (χ3n) is 2.18. The van der Waals surface area contributed by atoms with Gasteiger partial charge in [0.15, 0.2) is 5.84 Å². The number of carbonyl (C=O) groups is 1. The highest BCUT2D eigenvalue weighted by atomic mass is 16.1. The fourth-order valence-electron chi connectivity index (χ4n) is 1.38. The summed E-state index contributed by atoms with van der Waals surface area (Å²) in [5, 5.41) is 1.61. The van der Waals surface area contributed by atoms with E-state index in [2.05, 4.69) is 28.6 Å². The van der Waals surface area contributed by atoms with Gasteiger partial charge in [-0.3, -0.25) is 15.2 Å². The largest absolute Gasteiger partial charge is 0.366 e. The number of nitrogens with one attached hydrogen (secondary N) is 1. The lowest BCUT2D eigenvalue weighted by Crippen LogP contribution is -2.39. The van der Waals surface area contributed by atoms with Crippen LogP contribution in [0.25, 0.3) is 0 Å². The zero-order valence-electron chi connectivity index (χ0n) is 11.1. The molecule has 0 aromatic rings. The number of aliphatic imine (C=N–C) groups is 2.